The van der Waals surface area contributed by atoms with Gasteiger partial charge in [-0.25, -0.2) is 27.2 Å². The smallest absolute Gasteiger partial charge is 0.410 e. The maximum absolute atomic E-state index is 13.5. The Morgan fingerprint density at radius 2 is 1.71 bits per heavy atom. The van der Waals surface area contributed by atoms with Crippen molar-refractivity contribution in [3.8, 4) is 11.3 Å². The van der Waals surface area contributed by atoms with Crippen molar-refractivity contribution >= 4 is 44.6 Å². The van der Waals surface area contributed by atoms with Gasteiger partial charge in [-0.05, 0) is 64.7 Å². The molecule has 0 bridgehead atoms. The van der Waals surface area contributed by atoms with E-state index in [-0.39, 0.29) is 23.1 Å². The molecule has 1 N–H and O–H groups in total. The Labute approximate surface area is 245 Å². The third-order valence-corrected chi connectivity index (χ3v) is 9.20. The second-order valence-electron chi connectivity index (χ2n) is 11.3. The zero-order valence-electron chi connectivity index (χ0n) is 23.5. The Morgan fingerprint density at radius 3 is 2.39 bits per heavy atom. The quantitative estimate of drug-likeness (QED) is 0.268. The summed E-state index contributed by atoms with van der Waals surface area (Å²) in [6, 6.07) is 15.8. The number of carbonyl (C=O) groups excluding carboxylic acids is 1. The van der Waals surface area contributed by atoms with Crippen molar-refractivity contribution < 1.29 is 17.9 Å². The van der Waals surface area contributed by atoms with E-state index < -0.39 is 15.6 Å². The van der Waals surface area contributed by atoms with E-state index in [0.717, 1.165) is 25.7 Å². The lowest BCUT2D eigenvalue weighted by molar-refractivity contribution is 0.0185. The van der Waals surface area contributed by atoms with Gasteiger partial charge in [-0.1, -0.05) is 48.0 Å². The number of rotatable bonds is 6. The number of hydrogen-bond donors (Lipinski definition) is 1. The monoisotopic (exact) mass is 595 g/mol. The molecule has 1 amide bonds. The first-order valence-corrected chi connectivity index (χ1v) is 15.4. The van der Waals surface area contributed by atoms with Gasteiger partial charge in [-0.3, -0.25) is 0 Å². The summed E-state index contributed by atoms with van der Waals surface area (Å²) in [4.78, 5) is 23.5. The highest BCUT2D eigenvalue weighted by Gasteiger charge is 2.30. The van der Waals surface area contributed by atoms with Crippen LogP contribution >= 0.6 is 11.6 Å². The van der Waals surface area contributed by atoms with E-state index in [4.69, 9.17) is 21.3 Å². The first-order chi connectivity index (χ1) is 19.4. The van der Waals surface area contributed by atoms with Gasteiger partial charge in [0.2, 0.25) is 5.95 Å². The minimum atomic E-state index is -3.85. The van der Waals surface area contributed by atoms with Gasteiger partial charge in [0.05, 0.1) is 27.3 Å². The Kier molecular flexibility index (Phi) is 7.98. The molecule has 4 aromatic rings. The average Bonchev–Trinajstić information content (AvgIpc) is 3.34. The van der Waals surface area contributed by atoms with Gasteiger partial charge in [0.15, 0.2) is 0 Å². The molecule has 1 aliphatic rings. The van der Waals surface area contributed by atoms with E-state index in [1.165, 1.54) is 10.2 Å². The molecule has 2 aromatic heterocycles. The molecule has 0 aliphatic heterocycles. The van der Waals surface area contributed by atoms with Crippen molar-refractivity contribution in [3.63, 3.8) is 0 Å². The minimum Gasteiger partial charge on any atom is -0.444 e. The standard InChI is InChI=1S/C30H34ClN5O4S/c1-30(2,3)40-29(37)35(4)21-16-14-20(15-17-21)33-28-32-18-25(31)27(34-28)24-19-36(26-13-9-8-12-23(24)26)41(38,39)22-10-6-5-7-11-22/h5-13,18-21H,14-17H2,1-4H3,(H,32,33,34)/t20-,21-. The molecule has 0 spiro atoms. The molecule has 0 atom stereocenters. The second-order valence-corrected chi connectivity index (χ2v) is 13.5. The van der Waals surface area contributed by atoms with Gasteiger partial charge >= 0.3 is 6.09 Å². The van der Waals surface area contributed by atoms with Gasteiger partial charge in [-0.15, -0.1) is 0 Å². The number of aromatic nitrogens is 3. The molecule has 0 saturated heterocycles. The summed E-state index contributed by atoms with van der Waals surface area (Å²) < 4.78 is 33.9. The number of nitrogens with one attached hydrogen (secondary N) is 1. The van der Waals surface area contributed by atoms with Crippen LogP contribution in [0.5, 0.6) is 0 Å². The fourth-order valence-electron chi connectivity index (χ4n) is 5.14. The van der Waals surface area contributed by atoms with Crippen LogP contribution in [-0.4, -0.2) is 58.1 Å². The minimum absolute atomic E-state index is 0.0993. The first-order valence-electron chi connectivity index (χ1n) is 13.6. The maximum Gasteiger partial charge on any atom is 0.410 e. The predicted octanol–water partition coefficient (Wildman–Crippen LogP) is 6.58. The van der Waals surface area contributed by atoms with Crippen molar-refractivity contribution in [1.82, 2.24) is 18.8 Å². The highest BCUT2D eigenvalue weighted by Crippen LogP contribution is 2.36. The van der Waals surface area contributed by atoms with Crippen LogP contribution in [0.2, 0.25) is 5.02 Å². The summed E-state index contributed by atoms with van der Waals surface area (Å²) in [6.07, 6.45) is 6.08. The lowest BCUT2D eigenvalue weighted by Crippen LogP contribution is -2.43. The maximum atomic E-state index is 13.5. The summed E-state index contributed by atoms with van der Waals surface area (Å²) in [5, 5.41) is 4.45. The zero-order valence-corrected chi connectivity index (χ0v) is 25.1. The third kappa shape index (κ3) is 6.18. The molecule has 9 nitrogen and oxygen atoms in total. The Balaban J connectivity index is 1.37. The molecule has 2 aromatic carbocycles. The van der Waals surface area contributed by atoms with E-state index in [1.807, 2.05) is 32.9 Å². The van der Waals surface area contributed by atoms with E-state index in [9.17, 15) is 13.2 Å². The first kappa shape index (κ1) is 28.9. The summed E-state index contributed by atoms with van der Waals surface area (Å²) in [6.45, 7) is 5.58. The van der Waals surface area contributed by atoms with Crippen molar-refractivity contribution in [2.24, 2.45) is 0 Å². The van der Waals surface area contributed by atoms with Crippen LogP contribution in [0, 0.1) is 0 Å². The third-order valence-electron chi connectivity index (χ3n) is 7.24. The number of nitrogens with zero attached hydrogens (tertiary/aromatic N) is 4. The second kappa shape index (κ2) is 11.3. The fourth-order valence-corrected chi connectivity index (χ4v) is 6.73. The molecular formula is C30H34ClN5O4S. The summed E-state index contributed by atoms with van der Waals surface area (Å²) in [7, 11) is -2.06. The Morgan fingerprint density at radius 1 is 1.05 bits per heavy atom. The van der Waals surface area contributed by atoms with Crippen LogP contribution in [0.3, 0.4) is 0 Å². The molecule has 1 saturated carbocycles. The molecule has 1 fully saturated rings. The molecule has 41 heavy (non-hydrogen) atoms. The molecule has 5 rings (SSSR count). The fraction of sp³-hybridized carbons (Fsp3) is 0.367. The van der Waals surface area contributed by atoms with Crippen molar-refractivity contribution in [2.45, 2.75) is 69.0 Å². The van der Waals surface area contributed by atoms with Crippen LogP contribution in [-0.2, 0) is 14.8 Å². The van der Waals surface area contributed by atoms with E-state index >= 15 is 0 Å². The number of carbonyl (C=O) groups is 1. The van der Waals surface area contributed by atoms with Gasteiger partial charge in [0, 0.05) is 36.3 Å². The van der Waals surface area contributed by atoms with Crippen LogP contribution in [0.25, 0.3) is 22.2 Å². The van der Waals surface area contributed by atoms with Crippen molar-refractivity contribution in [2.75, 3.05) is 12.4 Å². The Bertz CT molecular complexity index is 1660. The topological polar surface area (TPSA) is 106 Å². The summed E-state index contributed by atoms with van der Waals surface area (Å²) >= 11 is 6.58. The largest absolute Gasteiger partial charge is 0.444 e. The van der Waals surface area contributed by atoms with Crippen LogP contribution in [0.15, 0.2) is 71.9 Å². The molecule has 0 radical (unpaired) electrons. The number of benzene rings is 2. The van der Waals surface area contributed by atoms with Crippen molar-refractivity contribution in [3.05, 3.63) is 72.0 Å². The SMILES string of the molecule is CN(C(=O)OC(C)(C)C)[C@H]1CC[C@H](Nc2ncc(Cl)c(-c3cn(S(=O)(=O)c4ccccc4)c4ccccc34)n2)CC1. The molecule has 216 valence electrons. The number of fused-ring (bicyclic) bond motifs is 1. The summed E-state index contributed by atoms with van der Waals surface area (Å²) in [5.74, 6) is 0.413. The lowest BCUT2D eigenvalue weighted by Gasteiger charge is -2.35. The molecule has 2 heterocycles. The van der Waals surface area contributed by atoms with E-state index in [1.54, 1.807) is 60.6 Å². The molecule has 1 aliphatic carbocycles. The highest BCUT2D eigenvalue weighted by atomic mass is 35.5. The number of anilines is 1. The van der Waals surface area contributed by atoms with Crippen LogP contribution < -0.4 is 5.32 Å². The Hall–Kier alpha value is -3.63. The van der Waals surface area contributed by atoms with E-state index in [2.05, 4.69) is 10.3 Å². The predicted molar refractivity (Wildman–Crippen MR) is 161 cm³/mol. The lowest BCUT2D eigenvalue weighted by atomic mass is 9.90. The van der Waals surface area contributed by atoms with Gasteiger partial charge < -0.3 is 15.0 Å². The van der Waals surface area contributed by atoms with Crippen LogP contribution in [0.1, 0.15) is 46.5 Å². The number of ether oxygens (including phenoxy) is 1. The van der Waals surface area contributed by atoms with Crippen molar-refractivity contribution in [1.29, 1.82) is 0 Å². The van der Waals surface area contributed by atoms with Gasteiger partial charge in [-0.2, -0.15) is 0 Å². The zero-order chi connectivity index (χ0) is 29.4. The number of para-hydroxylation sites is 1. The molecule has 11 heteroatoms. The highest BCUT2D eigenvalue weighted by molar-refractivity contribution is 7.90. The van der Waals surface area contributed by atoms with Crippen LogP contribution in [0.4, 0.5) is 10.7 Å². The summed E-state index contributed by atoms with van der Waals surface area (Å²) in [5.41, 5.74) is 1.04. The van der Waals surface area contributed by atoms with E-state index in [0.29, 0.717) is 33.1 Å². The normalized spacial score (nSPS) is 17.8. The number of hydrogen-bond acceptors (Lipinski definition) is 7. The average molecular weight is 596 g/mol. The number of amides is 1. The number of halogens is 1. The molecular weight excluding hydrogens is 562 g/mol. The van der Waals surface area contributed by atoms with Gasteiger partial charge in [0.25, 0.3) is 10.0 Å². The molecule has 0 unspecified atom stereocenters. The van der Waals surface area contributed by atoms with Gasteiger partial charge in [0.1, 0.15) is 5.60 Å².